The molecule has 1 atom stereocenters. The van der Waals surface area contributed by atoms with Crippen molar-refractivity contribution in [3.63, 3.8) is 0 Å². The van der Waals surface area contributed by atoms with E-state index in [0.29, 0.717) is 0 Å². The Morgan fingerprint density at radius 1 is 1.47 bits per heavy atom. The van der Waals surface area contributed by atoms with Gasteiger partial charge in [-0.05, 0) is 34.5 Å². The summed E-state index contributed by atoms with van der Waals surface area (Å²) in [6.45, 7) is 2.07. The van der Waals surface area contributed by atoms with Gasteiger partial charge in [0.15, 0.2) is 0 Å². The van der Waals surface area contributed by atoms with Gasteiger partial charge in [0.1, 0.15) is 17.6 Å². The maximum Gasteiger partial charge on any atom is 0.126 e. The van der Waals surface area contributed by atoms with E-state index in [-0.39, 0.29) is 6.04 Å². The van der Waals surface area contributed by atoms with E-state index in [1.807, 2.05) is 23.6 Å². The Bertz CT molecular complexity index is 408. The van der Waals surface area contributed by atoms with E-state index in [1.165, 1.54) is 0 Å². The summed E-state index contributed by atoms with van der Waals surface area (Å²) in [7, 11) is 0. The van der Waals surface area contributed by atoms with Crippen molar-refractivity contribution in [2.75, 3.05) is 0 Å². The molecule has 0 fully saturated rings. The fraction of sp³-hybridized carbons (Fsp3) is 0.273. The predicted molar refractivity (Wildman–Crippen MR) is 61.6 cm³/mol. The van der Waals surface area contributed by atoms with Crippen LogP contribution in [0.5, 0.6) is 0 Å². The summed E-state index contributed by atoms with van der Waals surface area (Å²) in [6, 6.07) is 5.97. The van der Waals surface area contributed by atoms with E-state index in [1.54, 1.807) is 11.3 Å². The van der Waals surface area contributed by atoms with E-state index in [0.717, 1.165) is 23.5 Å². The van der Waals surface area contributed by atoms with Gasteiger partial charge in [-0.15, -0.1) is 0 Å². The normalized spacial score (nSPS) is 12.9. The number of furan rings is 1. The van der Waals surface area contributed by atoms with Crippen LogP contribution in [0.4, 0.5) is 0 Å². The van der Waals surface area contributed by atoms with Crippen LogP contribution in [0.2, 0.25) is 0 Å². The SMILES string of the molecule is CCc1ccc(C(NN)c2ccsc2)o1. The van der Waals surface area contributed by atoms with Crippen LogP contribution < -0.4 is 11.3 Å². The van der Waals surface area contributed by atoms with Crippen LogP contribution in [0.25, 0.3) is 0 Å². The molecule has 0 amide bonds. The van der Waals surface area contributed by atoms with Gasteiger partial charge in [-0.3, -0.25) is 5.84 Å². The van der Waals surface area contributed by atoms with Gasteiger partial charge in [0, 0.05) is 6.42 Å². The molecule has 2 aromatic heterocycles. The van der Waals surface area contributed by atoms with Crippen molar-refractivity contribution in [3.05, 3.63) is 46.0 Å². The number of hydrogen-bond donors (Lipinski definition) is 2. The minimum Gasteiger partial charge on any atom is -0.464 e. The molecule has 0 aliphatic rings. The Kier molecular flexibility index (Phi) is 3.20. The van der Waals surface area contributed by atoms with E-state index in [4.69, 9.17) is 10.3 Å². The Morgan fingerprint density at radius 3 is 2.87 bits per heavy atom. The number of aryl methyl sites for hydroxylation is 1. The molecule has 4 heteroatoms. The number of nitrogens with two attached hydrogens (primary N) is 1. The first-order valence-electron chi connectivity index (χ1n) is 4.92. The van der Waals surface area contributed by atoms with Gasteiger partial charge in [-0.25, -0.2) is 5.43 Å². The highest BCUT2D eigenvalue weighted by molar-refractivity contribution is 7.08. The molecule has 80 valence electrons. The van der Waals surface area contributed by atoms with E-state index in [9.17, 15) is 0 Å². The molecule has 0 saturated carbocycles. The van der Waals surface area contributed by atoms with Gasteiger partial charge in [-0.2, -0.15) is 11.3 Å². The predicted octanol–water partition coefficient (Wildman–Crippen LogP) is 2.46. The third-order valence-electron chi connectivity index (χ3n) is 2.36. The van der Waals surface area contributed by atoms with Crippen LogP contribution in [0.1, 0.15) is 30.0 Å². The molecule has 0 aromatic carbocycles. The van der Waals surface area contributed by atoms with Gasteiger partial charge >= 0.3 is 0 Å². The molecule has 0 saturated heterocycles. The van der Waals surface area contributed by atoms with Crippen LogP contribution >= 0.6 is 11.3 Å². The maximum atomic E-state index is 5.67. The van der Waals surface area contributed by atoms with Crippen molar-refractivity contribution in [1.82, 2.24) is 5.43 Å². The van der Waals surface area contributed by atoms with Gasteiger partial charge in [0.2, 0.25) is 0 Å². The molecule has 2 aromatic rings. The molecule has 2 heterocycles. The molecule has 0 aliphatic carbocycles. The molecular weight excluding hydrogens is 208 g/mol. The third-order valence-corrected chi connectivity index (χ3v) is 3.06. The van der Waals surface area contributed by atoms with E-state index >= 15 is 0 Å². The standard InChI is InChI=1S/C11H14N2OS/c1-2-9-3-4-10(14-9)11(13-12)8-5-6-15-7-8/h3-7,11,13H,2,12H2,1H3. The first-order valence-corrected chi connectivity index (χ1v) is 5.86. The average Bonchev–Trinajstić information content (AvgIpc) is 2.89. The second kappa shape index (κ2) is 4.61. The zero-order chi connectivity index (χ0) is 10.7. The second-order valence-electron chi connectivity index (χ2n) is 3.31. The van der Waals surface area contributed by atoms with Crippen molar-refractivity contribution in [2.45, 2.75) is 19.4 Å². The topological polar surface area (TPSA) is 51.2 Å². The molecule has 0 spiro atoms. The fourth-order valence-corrected chi connectivity index (χ4v) is 2.21. The quantitative estimate of drug-likeness (QED) is 0.617. The van der Waals surface area contributed by atoms with Crippen LogP contribution in [0.3, 0.4) is 0 Å². The first-order chi connectivity index (χ1) is 7.35. The zero-order valence-corrected chi connectivity index (χ0v) is 9.38. The van der Waals surface area contributed by atoms with Crippen LogP contribution in [0.15, 0.2) is 33.4 Å². The van der Waals surface area contributed by atoms with Gasteiger partial charge in [-0.1, -0.05) is 6.92 Å². The lowest BCUT2D eigenvalue weighted by Gasteiger charge is -2.11. The molecule has 0 aliphatic heterocycles. The maximum absolute atomic E-state index is 5.67. The molecule has 3 N–H and O–H groups in total. The van der Waals surface area contributed by atoms with Crippen LogP contribution in [-0.2, 0) is 6.42 Å². The summed E-state index contributed by atoms with van der Waals surface area (Å²) >= 11 is 1.65. The van der Waals surface area contributed by atoms with Gasteiger partial charge in [0.25, 0.3) is 0 Å². The summed E-state index contributed by atoms with van der Waals surface area (Å²) < 4.78 is 5.67. The minimum atomic E-state index is -0.0449. The van der Waals surface area contributed by atoms with Crippen molar-refractivity contribution >= 4 is 11.3 Å². The molecule has 1 unspecified atom stereocenters. The summed E-state index contributed by atoms with van der Waals surface area (Å²) in [5.41, 5.74) is 3.91. The van der Waals surface area contributed by atoms with Crippen molar-refractivity contribution in [1.29, 1.82) is 0 Å². The number of thiophene rings is 1. The Labute approximate surface area is 92.9 Å². The second-order valence-corrected chi connectivity index (χ2v) is 4.09. The zero-order valence-electron chi connectivity index (χ0n) is 8.57. The number of rotatable bonds is 4. The summed E-state index contributed by atoms with van der Waals surface area (Å²) in [5.74, 6) is 7.40. The summed E-state index contributed by atoms with van der Waals surface area (Å²) in [6.07, 6.45) is 0.904. The largest absolute Gasteiger partial charge is 0.464 e. The first kappa shape index (κ1) is 10.4. The molecule has 0 radical (unpaired) electrons. The number of hydrogen-bond acceptors (Lipinski definition) is 4. The third kappa shape index (κ3) is 2.12. The lowest BCUT2D eigenvalue weighted by molar-refractivity contribution is 0.426. The lowest BCUT2D eigenvalue weighted by Crippen LogP contribution is -2.28. The Balaban J connectivity index is 2.27. The number of nitrogens with one attached hydrogen (secondary N) is 1. The van der Waals surface area contributed by atoms with E-state index in [2.05, 4.69) is 17.7 Å². The summed E-state index contributed by atoms with van der Waals surface area (Å²) in [5, 5.41) is 4.10. The minimum absolute atomic E-state index is 0.0449. The van der Waals surface area contributed by atoms with Crippen molar-refractivity contribution in [3.8, 4) is 0 Å². The highest BCUT2D eigenvalue weighted by atomic mass is 32.1. The fourth-order valence-electron chi connectivity index (χ4n) is 1.52. The van der Waals surface area contributed by atoms with Gasteiger partial charge < -0.3 is 4.42 Å². The monoisotopic (exact) mass is 222 g/mol. The van der Waals surface area contributed by atoms with E-state index < -0.39 is 0 Å². The van der Waals surface area contributed by atoms with Crippen molar-refractivity contribution < 1.29 is 4.42 Å². The molecule has 3 nitrogen and oxygen atoms in total. The molecule has 2 rings (SSSR count). The van der Waals surface area contributed by atoms with Gasteiger partial charge in [0.05, 0.1) is 0 Å². The molecular formula is C11H14N2OS. The Morgan fingerprint density at radius 2 is 2.33 bits per heavy atom. The van der Waals surface area contributed by atoms with Crippen LogP contribution in [0, 0.1) is 0 Å². The Hall–Kier alpha value is -1.10. The lowest BCUT2D eigenvalue weighted by atomic mass is 10.1. The van der Waals surface area contributed by atoms with Crippen LogP contribution in [-0.4, -0.2) is 0 Å². The van der Waals surface area contributed by atoms with Crippen molar-refractivity contribution in [2.24, 2.45) is 5.84 Å². The number of hydrazine groups is 1. The summed E-state index contributed by atoms with van der Waals surface area (Å²) in [4.78, 5) is 0. The highest BCUT2D eigenvalue weighted by Crippen LogP contribution is 2.25. The molecule has 15 heavy (non-hydrogen) atoms. The smallest absolute Gasteiger partial charge is 0.126 e. The highest BCUT2D eigenvalue weighted by Gasteiger charge is 2.16. The average molecular weight is 222 g/mol. The molecule has 0 bridgehead atoms.